The molecule has 0 amide bonds. The van der Waals surface area contributed by atoms with E-state index in [9.17, 15) is 5.11 Å². The van der Waals surface area contributed by atoms with Crippen LogP contribution in [0.2, 0.25) is 5.15 Å². The average Bonchev–Trinajstić information content (AvgIpc) is 4.10. The smallest absolute Gasteiger partial charge is 0.213 e. The number of nitrogens with zero attached hydrogens (tertiary/aromatic N) is 9. The summed E-state index contributed by atoms with van der Waals surface area (Å²) in [5, 5.41) is 9.88. The topological polar surface area (TPSA) is 96.8 Å². The molecule has 0 unspecified atom stereocenters. The third-order valence-corrected chi connectivity index (χ3v) is 17.1. The molecule has 3 aromatic rings. The molecule has 13 heteroatoms. The SMILES string of the molecule is CN1CCc2nc(Cl)ccc2C1.CN1CCc2nc(OC3CCN(C4CCCC4)CC3)ccc2C1.CN1CCc2nc(OC3CCN(C4CCCC4)CC3)ccc2C1.OC1CCN(C2CCC2)CC1. The van der Waals surface area contributed by atoms with Gasteiger partial charge in [-0.15, -0.1) is 0 Å². The zero-order valence-corrected chi connectivity index (χ0v) is 43.5. The summed E-state index contributed by atoms with van der Waals surface area (Å²) in [6, 6.07) is 15.1. The van der Waals surface area contributed by atoms with Crippen LogP contribution in [-0.4, -0.2) is 166 Å². The van der Waals surface area contributed by atoms with Gasteiger partial charge in [0.25, 0.3) is 0 Å². The minimum Gasteiger partial charge on any atom is -0.474 e. The molecular weight excluding hydrogens is 882 g/mol. The van der Waals surface area contributed by atoms with Crippen molar-refractivity contribution >= 4 is 11.6 Å². The van der Waals surface area contributed by atoms with Crippen molar-refractivity contribution in [3.05, 3.63) is 75.3 Å². The lowest BCUT2D eigenvalue weighted by Crippen LogP contribution is -2.45. The van der Waals surface area contributed by atoms with Gasteiger partial charge in [-0.2, -0.15) is 0 Å². The number of aromatic nitrogens is 3. The lowest BCUT2D eigenvalue weighted by atomic mass is 9.90. The fourth-order valence-corrected chi connectivity index (χ4v) is 12.5. The Morgan fingerprint density at radius 2 is 0.783 bits per heavy atom. The normalized spacial score (nSPS) is 24.4. The number of likely N-dealkylation sites (N-methyl/N-ethyl adjacent to an activating group) is 3. The fraction of sp³-hybridized carbons (Fsp3) is 0.732. The summed E-state index contributed by atoms with van der Waals surface area (Å²) < 4.78 is 12.4. The van der Waals surface area contributed by atoms with Crippen LogP contribution in [0.1, 0.15) is 143 Å². The maximum absolute atomic E-state index is 9.27. The molecule has 3 aliphatic carbocycles. The summed E-state index contributed by atoms with van der Waals surface area (Å²) >= 11 is 5.79. The van der Waals surface area contributed by atoms with Crippen molar-refractivity contribution in [1.82, 2.24) is 44.4 Å². The first-order valence-corrected chi connectivity index (χ1v) is 28.0. The van der Waals surface area contributed by atoms with Crippen molar-refractivity contribution in [2.45, 2.75) is 184 Å². The molecule has 0 aromatic carbocycles. The van der Waals surface area contributed by atoms with E-state index in [1.807, 2.05) is 6.07 Å². The van der Waals surface area contributed by atoms with Crippen molar-refractivity contribution in [2.75, 3.05) is 80.0 Å². The molecule has 9 heterocycles. The standard InChI is InChI=1S/2C19H29N3O.C9H11ClN2.C9H17NO/c2*1-21-11-10-18-15(14-21)6-7-19(20-18)23-17-8-12-22(13-9-17)16-4-2-3-5-16;1-12-5-4-8-7(6-12)2-3-9(10)11-8;11-9-4-6-10(7-5-9)8-2-1-3-8/h2*6-7,16-17H,2-5,8-14H2,1H3;2-3H,4-6H2,1H3;8-9,11H,1-7H2. The Morgan fingerprint density at radius 1 is 0.435 bits per heavy atom. The van der Waals surface area contributed by atoms with E-state index in [2.05, 4.69) is 85.9 Å². The molecule has 6 aliphatic heterocycles. The molecule has 380 valence electrons. The minimum atomic E-state index is -0.00803. The first-order chi connectivity index (χ1) is 33.7. The third kappa shape index (κ3) is 14.6. The molecule has 0 radical (unpaired) electrons. The fourth-order valence-electron chi connectivity index (χ4n) is 12.3. The van der Waals surface area contributed by atoms with Crippen LogP contribution in [0.15, 0.2) is 36.4 Å². The van der Waals surface area contributed by atoms with Crippen molar-refractivity contribution in [2.24, 2.45) is 0 Å². The second-order valence-electron chi connectivity index (χ2n) is 22.1. The number of aliphatic hydroxyl groups excluding tert-OH is 1. The van der Waals surface area contributed by atoms with Gasteiger partial charge < -0.3 is 44.0 Å². The number of aliphatic hydroxyl groups is 1. The number of piperidine rings is 3. The minimum absolute atomic E-state index is 0.00803. The maximum Gasteiger partial charge on any atom is 0.213 e. The molecule has 3 saturated heterocycles. The average molecular weight is 969 g/mol. The van der Waals surface area contributed by atoms with Gasteiger partial charge in [-0.1, -0.05) is 61.9 Å². The predicted molar refractivity (Wildman–Crippen MR) is 277 cm³/mol. The molecule has 0 atom stereocenters. The molecule has 0 bridgehead atoms. The number of pyridine rings is 3. The van der Waals surface area contributed by atoms with Gasteiger partial charge in [0.05, 0.1) is 17.5 Å². The molecular formula is C56H86ClN9O3. The van der Waals surface area contributed by atoms with Crippen LogP contribution in [0, 0.1) is 0 Å². The van der Waals surface area contributed by atoms with E-state index < -0.39 is 0 Å². The Balaban J connectivity index is 0.000000121. The Labute approximate surface area is 420 Å². The lowest BCUT2D eigenvalue weighted by molar-refractivity contribution is 0.0385. The molecule has 12 nitrogen and oxygen atoms in total. The molecule has 0 spiro atoms. The van der Waals surface area contributed by atoms with Gasteiger partial charge in [0.2, 0.25) is 11.8 Å². The van der Waals surface area contributed by atoms with E-state index in [-0.39, 0.29) is 6.10 Å². The van der Waals surface area contributed by atoms with E-state index in [0.29, 0.717) is 17.4 Å². The summed E-state index contributed by atoms with van der Waals surface area (Å²) in [6.07, 6.45) is 26.0. The van der Waals surface area contributed by atoms with Gasteiger partial charge in [0.1, 0.15) is 17.4 Å². The van der Waals surface area contributed by atoms with Crippen LogP contribution in [0.5, 0.6) is 11.8 Å². The maximum atomic E-state index is 9.27. The highest BCUT2D eigenvalue weighted by Crippen LogP contribution is 2.31. The summed E-state index contributed by atoms with van der Waals surface area (Å²) in [4.78, 5) is 28.8. The van der Waals surface area contributed by atoms with Gasteiger partial charge in [-0.25, -0.2) is 15.0 Å². The summed E-state index contributed by atoms with van der Waals surface area (Å²) in [5.41, 5.74) is 7.69. The Hall–Kier alpha value is -2.94. The zero-order chi connectivity index (χ0) is 47.5. The van der Waals surface area contributed by atoms with Gasteiger partial charge in [-0.3, -0.25) is 0 Å². The van der Waals surface area contributed by atoms with Crippen LogP contribution in [0.3, 0.4) is 0 Å². The summed E-state index contributed by atoms with van der Waals surface area (Å²) in [5.74, 6) is 1.68. The first kappa shape index (κ1) is 51.0. The quantitative estimate of drug-likeness (QED) is 0.231. The Morgan fingerprint density at radius 3 is 1.16 bits per heavy atom. The Kier molecular flexibility index (Phi) is 18.6. The van der Waals surface area contributed by atoms with E-state index in [1.165, 1.54) is 131 Å². The highest BCUT2D eigenvalue weighted by molar-refractivity contribution is 6.29. The summed E-state index contributed by atoms with van der Waals surface area (Å²) in [7, 11) is 6.47. The van der Waals surface area contributed by atoms with E-state index in [4.69, 9.17) is 31.0 Å². The second-order valence-corrected chi connectivity index (χ2v) is 22.5. The van der Waals surface area contributed by atoms with E-state index in [1.54, 1.807) is 0 Å². The number of hydrogen-bond donors (Lipinski definition) is 1. The Bertz CT molecular complexity index is 1940. The number of rotatable bonds is 7. The monoisotopic (exact) mass is 968 g/mol. The summed E-state index contributed by atoms with van der Waals surface area (Å²) in [6.45, 7) is 13.4. The molecule has 69 heavy (non-hydrogen) atoms. The number of likely N-dealkylation sites (tertiary alicyclic amines) is 3. The molecule has 1 N–H and O–H groups in total. The van der Waals surface area contributed by atoms with E-state index >= 15 is 0 Å². The van der Waals surface area contributed by atoms with E-state index in [0.717, 1.165) is 140 Å². The van der Waals surface area contributed by atoms with Crippen molar-refractivity contribution in [3.63, 3.8) is 0 Å². The van der Waals surface area contributed by atoms with Crippen molar-refractivity contribution in [1.29, 1.82) is 0 Å². The number of hydrogen-bond acceptors (Lipinski definition) is 12. The number of halogens is 1. The predicted octanol–water partition coefficient (Wildman–Crippen LogP) is 8.43. The van der Waals surface area contributed by atoms with Crippen LogP contribution in [-0.2, 0) is 38.9 Å². The van der Waals surface area contributed by atoms with Crippen LogP contribution < -0.4 is 9.47 Å². The third-order valence-electron chi connectivity index (χ3n) is 16.9. The molecule has 3 aromatic heterocycles. The number of ether oxygens (including phenoxy) is 2. The van der Waals surface area contributed by atoms with Crippen LogP contribution in [0.25, 0.3) is 0 Å². The van der Waals surface area contributed by atoms with Crippen LogP contribution in [0.4, 0.5) is 0 Å². The highest BCUT2D eigenvalue weighted by Gasteiger charge is 2.31. The lowest BCUT2D eigenvalue weighted by Gasteiger charge is -2.40. The van der Waals surface area contributed by atoms with Gasteiger partial charge >= 0.3 is 0 Å². The first-order valence-electron chi connectivity index (χ1n) is 27.6. The van der Waals surface area contributed by atoms with Gasteiger partial charge in [0.15, 0.2) is 0 Å². The van der Waals surface area contributed by atoms with Crippen LogP contribution >= 0.6 is 11.6 Å². The highest BCUT2D eigenvalue weighted by atomic mass is 35.5. The molecule has 9 aliphatic rings. The largest absolute Gasteiger partial charge is 0.474 e. The van der Waals surface area contributed by atoms with Gasteiger partial charge in [0, 0.05) is 134 Å². The second kappa shape index (κ2) is 25.1. The zero-order valence-electron chi connectivity index (χ0n) is 42.7. The molecule has 12 rings (SSSR count). The van der Waals surface area contributed by atoms with Crippen molar-refractivity contribution < 1.29 is 14.6 Å². The molecule has 3 saturated carbocycles. The number of fused-ring (bicyclic) bond motifs is 3. The van der Waals surface area contributed by atoms with Gasteiger partial charge in [-0.05, 0) is 121 Å². The van der Waals surface area contributed by atoms with Crippen molar-refractivity contribution in [3.8, 4) is 11.8 Å². The molecule has 6 fully saturated rings.